The number of benzene rings is 1. The summed E-state index contributed by atoms with van der Waals surface area (Å²) in [5.74, 6) is 0. The first-order chi connectivity index (χ1) is 6.75. The number of nitro benzene ring substituents is 1. The Labute approximate surface area is 82.5 Å². The monoisotopic (exact) mass is 189 g/mol. The van der Waals surface area contributed by atoms with Crippen molar-refractivity contribution in [3.8, 4) is 0 Å². The summed E-state index contributed by atoms with van der Waals surface area (Å²) in [6, 6.07) is 6.73. The zero-order chi connectivity index (χ0) is 10.4. The van der Waals surface area contributed by atoms with Gasteiger partial charge in [0.25, 0.3) is 5.69 Å². The van der Waals surface area contributed by atoms with Gasteiger partial charge in [-0.25, -0.2) is 0 Å². The summed E-state index contributed by atoms with van der Waals surface area (Å²) in [5, 5.41) is 10.6. The fourth-order valence-corrected chi connectivity index (χ4v) is 1.15. The minimum Gasteiger partial charge on any atom is -0.258 e. The molecule has 0 heterocycles. The number of rotatable bonds is 4. The van der Waals surface area contributed by atoms with E-state index in [4.69, 9.17) is 0 Å². The zero-order valence-corrected chi connectivity index (χ0v) is 7.72. The molecule has 0 aliphatic heterocycles. The standard InChI is InChI=1S/C11H11NO2/c1-2-3-4-7-10-8-5-6-9-11(10)12(13)14/h2-6,8-9H,1,7H2/b4-3+. The van der Waals surface area contributed by atoms with Gasteiger partial charge in [-0.1, -0.05) is 43.0 Å². The van der Waals surface area contributed by atoms with Crippen LogP contribution >= 0.6 is 0 Å². The van der Waals surface area contributed by atoms with Gasteiger partial charge in [0.1, 0.15) is 0 Å². The summed E-state index contributed by atoms with van der Waals surface area (Å²) >= 11 is 0. The average Bonchev–Trinajstić information content (AvgIpc) is 2.19. The third kappa shape index (κ3) is 2.55. The quantitative estimate of drug-likeness (QED) is 0.415. The highest BCUT2D eigenvalue weighted by Gasteiger charge is 2.09. The molecule has 14 heavy (non-hydrogen) atoms. The van der Waals surface area contributed by atoms with Gasteiger partial charge in [-0.3, -0.25) is 10.1 Å². The molecule has 0 saturated carbocycles. The lowest BCUT2D eigenvalue weighted by Gasteiger charge is -1.97. The predicted octanol–water partition coefficient (Wildman–Crippen LogP) is 2.88. The Morgan fingerprint density at radius 3 is 2.79 bits per heavy atom. The summed E-state index contributed by atoms with van der Waals surface area (Å²) in [4.78, 5) is 10.3. The van der Waals surface area contributed by atoms with Crippen molar-refractivity contribution in [2.75, 3.05) is 0 Å². The van der Waals surface area contributed by atoms with E-state index in [0.29, 0.717) is 6.42 Å². The lowest BCUT2D eigenvalue weighted by Crippen LogP contribution is -1.93. The molecular weight excluding hydrogens is 178 g/mol. The van der Waals surface area contributed by atoms with E-state index in [2.05, 4.69) is 6.58 Å². The Hall–Kier alpha value is -1.90. The lowest BCUT2D eigenvalue weighted by molar-refractivity contribution is -0.385. The first-order valence-corrected chi connectivity index (χ1v) is 4.25. The summed E-state index contributed by atoms with van der Waals surface area (Å²) in [6.45, 7) is 3.53. The number of hydrogen-bond donors (Lipinski definition) is 0. The van der Waals surface area contributed by atoms with Crippen LogP contribution in [0.15, 0.2) is 49.1 Å². The lowest BCUT2D eigenvalue weighted by atomic mass is 10.1. The SMILES string of the molecule is C=C/C=C/Cc1ccccc1[N+](=O)[O-]. The van der Waals surface area contributed by atoms with E-state index >= 15 is 0 Å². The van der Waals surface area contributed by atoms with Crippen LogP contribution in [0, 0.1) is 10.1 Å². The number of para-hydroxylation sites is 1. The molecule has 3 nitrogen and oxygen atoms in total. The molecular formula is C11H11NO2. The van der Waals surface area contributed by atoms with Crippen LogP contribution in [-0.4, -0.2) is 4.92 Å². The predicted molar refractivity (Wildman–Crippen MR) is 56.1 cm³/mol. The molecule has 3 heteroatoms. The zero-order valence-electron chi connectivity index (χ0n) is 7.72. The van der Waals surface area contributed by atoms with Gasteiger partial charge in [0.2, 0.25) is 0 Å². The molecule has 1 rings (SSSR count). The van der Waals surface area contributed by atoms with Gasteiger partial charge >= 0.3 is 0 Å². The van der Waals surface area contributed by atoms with Crippen LogP contribution in [-0.2, 0) is 6.42 Å². The van der Waals surface area contributed by atoms with Crippen LogP contribution in [0.5, 0.6) is 0 Å². The van der Waals surface area contributed by atoms with E-state index in [1.165, 1.54) is 6.07 Å². The van der Waals surface area contributed by atoms with Crippen LogP contribution < -0.4 is 0 Å². The molecule has 0 N–H and O–H groups in total. The summed E-state index contributed by atoms with van der Waals surface area (Å²) in [5.41, 5.74) is 0.886. The Kier molecular flexibility index (Phi) is 3.61. The number of hydrogen-bond acceptors (Lipinski definition) is 2. The minimum absolute atomic E-state index is 0.168. The third-order valence-corrected chi connectivity index (χ3v) is 1.80. The first kappa shape index (κ1) is 10.2. The van der Waals surface area contributed by atoms with E-state index in [1.54, 1.807) is 30.4 Å². The van der Waals surface area contributed by atoms with Crippen LogP contribution in [0.1, 0.15) is 5.56 Å². The molecule has 0 atom stereocenters. The second-order valence-electron chi connectivity index (χ2n) is 2.75. The maximum Gasteiger partial charge on any atom is 0.272 e. The van der Waals surface area contributed by atoms with Gasteiger partial charge < -0.3 is 0 Å². The highest BCUT2D eigenvalue weighted by molar-refractivity contribution is 5.40. The van der Waals surface area contributed by atoms with Gasteiger partial charge in [0.15, 0.2) is 0 Å². The second kappa shape index (κ2) is 4.97. The van der Waals surface area contributed by atoms with Crippen LogP contribution in [0.25, 0.3) is 0 Å². The summed E-state index contributed by atoms with van der Waals surface area (Å²) in [6.07, 6.45) is 5.82. The first-order valence-electron chi connectivity index (χ1n) is 4.25. The van der Waals surface area contributed by atoms with Crippen molar-refractivity contribution in [1.82, 2.24) is 0 Å². The van der Waals surface area contributed by atoms with Gasteiger partial charge in [-0.05, 0) is 6.42 Å². The fourth-order valence-electron chi connectivity index (χ4n) is 1.15. The molecule has 0 aliphatic carbocycles. The molecule has 0 amide bonds. The average molecular weight is 189 g/mol. The van der Waals surface area contributed by atoms with Crippen molar-refractivity contribution in [1.29, 1.82) is 0 Å². The van der Waals surface area contributed by atoms with E-state index < -0.39 is 0 Å². The van der Waals surface area contributed by atoms with E-state index in [-0.39, 0.29) is 10.6 Å². The van der Waals surface area contributed by atoms with Crippen molar-refractivity contribution < 1.29 is 4.92 Å². The molecule has 1 aromatic rings. The largest absolute Gasteiger partial charge is 0.272 e. The van der Waals surface area contributed by atoms with Gasteiger partial charge in [0, 0.05) is 11.6 Å². The molecule has 0 unspecified atom stereocenters. The number of allylic oxidation sites excluding steroid dienone is 3. The smallest absolute Gasteiger partial charge is 0.258 e. The molecule has 0 bridgehead atoms. The maximum atomic E-state index is 10.6. The molecule has 0 radical (unpaired) electrons. The maximum absolute atomic E-state index is 10.6. The summed E-state index contributed by atoms with van der Waals surface area (Å²) < 4.78 is 0. The van der Waals surface area contributed by atoms with Crippen LogP contribution in [0.3, 0.4) is 0 Å². The van der Waals surface area contributed by atoms with Gasteiger partial charge in [0.05, 0.1) is 4.92 Å². The molecule has 0 saturated heterocycles. The molecule has 1 aromatic carbocycles. The highest BCUT2D eigenvalue weighted by atomic mass is 16.6. The fraction of sp³-hybridized carbons (Fsp3) is 0.0909. The van der Waals surface area contributed by atoms with E-state index in [1.807, 2.05) is 6.08 Å². The summed E-state index contributed by atoms with van der Waals surface area (Å²) in [7, 11) is 0. The van der Waals surface area contributed by atoms with Crippen molar-refractivity contribution in [3.63, 3.8) is 0 Å². The van der Waals surface area contributed by atoms with Crippen molar-refractivity contribution >= 4 is 5.69 Å². The Balaban J connectivity index is 2.89. The molecule has 0 spiro atoms. The normalized spacial score (nSPS) is 10.3. The van der Waals surface area contributed by atoms with Gasteiger partial charge in [-0.15, -0.1) is 0 Å². The Morgan fingerprint density at radius 2 is 2.14 bits per heavy atom. The van der Waals surface area contributed by atoms with Gasteiger partial charge in [-0.2, -0.15) is 0 Å². The molecule has 72 valence electrons. The van der Waals surface area contributed by atoms with Crippen molar-refractivity contribution in [3.05, 3.63) is 64.8 Å². The Morgan fingerprint density at radius 1 is 1.43 bits per heavy atom. The molecule has 0 aromatic heterocycles. The van der Waals surface area contributed by atoms with Crippen molar-refractivity contribution in [2.24, 2.45) is 0 Å². The van der Waals surface area contributed by atoms with E-state index in [0.717, 1.165) is 5.56 Å². The minimum atomic E-state index is -0.364. The highest BCUT2D eigenvalue weighted by Crippen LogP contribution is 2.18. The van der Waals surface area contributed by atoms with E-state index in [9.17, 15) is 10.1 Å². The van der Waals surface area contributed by atoms with Crippen LogP contribution in [0.4, 0.5) is 5.69 Å². The Bertz CT molecular complexity index is 369. The topological polar surface area (TPSA) is 43.1 Å². The third-order valence-electron chi connectivity index (χ3n) is 1.80. The number of nitrogens with zero attached hydrogens (tertiary/aromatic N) is 1. The van der Waals surface area contributed by atoms with Crippen molar-refractivity contribution in [2.45, 2.75) is 6.42 Å². The number of nitro groups is 1. The van der Waals surface area contributed by atoms with Crippen LogP contribution in [0.2, 0.25) is 0 Å². The molecule has 0 fully saturated rings. The molecule has 0 aliphatic rings. The second-order valence-corrected chi connectivity index (χ2v) is 2.75.